The summed E-state index contributed by atoms with van der Waals surface area (Å²) in [6, 6.07) is 22.2. The summed E-state index contributed by atoms with van der Waals surface area (Å²) < 4.78 is 7.27. The van der Waals surface area contributed by atoms with Crippen LogP contribution in [0.3, 0.4) is 0 Å². The van der Waals surface area contributed by atoms with Crippen molar-refractivity contribution in [3.63, 3.8) is 0 Å². The summed E-state index contributed by atoms with van der Waals surface area (Å²) in [6.45, 7) is 0. The van der Waals surface area contributed by atoms with Crippen LogP contribution in [-0.2, 0) is 6.42 Å². The van der Waals surface area contributed by atoms with E-state index in [1.54, 1.807) is 10.8 Å². The zero-order valence-corrected chi connectivity index (χ0v) is 13.3. The maximum Gasteiger partial charge on any atom is 0.220 e. The first-order valence-electron chi connectivity index (χ1n) is 8.11. The minimum atomic E-state index is 0.611. The monoisotopic (exact) mass is 326 g/mol. The van der Waals surface area contributed by atoms with Crippen molar-refractivity contribution in [1.82, 2.24) is 19.8 Å². The van der Waals surface area contributed by atoms with Crippen LogP contribution < -0.4 is 0 Å². The fourth-order valence-corrected chi connectivity index (χ4v) is 3.13. The van der Waals surface area contributed by atoms with Crippen molar-refractivity contribution in [2.24, 2.45) is 0 Å². The normalized spacial score (nSPS) is 11.4. The Balaban J connectivity index is 1.78. The number of hydrogen-bond acceptors (Lipinski definition) is 4. The molecule has 5 heteroatoms. The van der Waals surface area contributed by atoms with Crippen LogP contribution in [0, 0.1) is 0 Å². The van der Waals surface area contributed by atoms with E-state index in [4.69, 9.17) is 9.52 Å². The van der Waals surface area contributed by atoms with E-state index in [9.17, 15) is 0 Å². The lowest BCUT2D eigenvalue weighted by atomic mass is 10.0. The maximum absolute atomic E-state index is 5.49. The molecule has 0 radical (unpaired) electrons. The summed E-state index contributed by atoms with van der Waals surface area (Å²) in [4.78, 5) is 0. The first-order valence-corrected chi connectivity index (χ1v) is 8.11. The molecule has 0 saturated heterocycles. The third kappa shape index (κ3) is 2.29. The number of hydrogen-bond donors (Lipinski definition) is 0. The smallest absolute Gasteiger partial charge is 0.220 e. The summed E-state index contributed by atoms with van der Waals surface area (Å²) in [5, 5.41) is 15.6. The third-order valence-corrected chi connectivity index (χ3v) is 4.30. The van der Waals surface area contributed by atoms with Gasteiger partial charge in [0.15, 0.2) is 11.4 Å². The van der Waals surface area contributed by atoms with E-state index in [0.717, 1.165) is 28.5 Å². The molecule has 2 aromatic carbocycles. The van der Waals surface area contributed by atoms with Gasteiger partial charge in [0.2, 0.25) is 5.82 Å². The summed E-state index contributed by atoms with van der Waals surface area (Å²) in [7, 11) is 0. The van der Waals surface area contributed by atoms with Crippen molar-refractivity contribution >= 4 is 16.4 Å². The van der Waals surface area contributed by atoms with Gasteiger partial charge in [0.25, 0.3) is 0 Å². The van der Waals surface area contributed by atoms with Crippen molar-refractivity contribution < 1.29 is 4.42 Å². The molecule has 120 valence electrons. The average Bonchev–Trinajstić information content (AvgIpc) is 3.32. The topological polar surface area (TPSA) is 56.2 Å². The molecule has 0 aliphatic rings. The molecule has 25 heavy (non-hydrogen) atoms. The van der Waals surface area contributed by atoms with Crippen LogP contribution in [0.2, 0.25) is 0 Å². The molecule has 0 atom stereocenters. The van der Waals surface area contributed by atoms with Gasteiger partial charge in [-0.25, -0.2) is 0 Å². The van der Waals surface area contributed by atoms with Crippen molar-refractivity contribution in [1.29, 1.82) is 0 Å². The van der Waals surface area contributed by atoms with E-state index in [2.05, 4.69) is 34.5 Å². The van der Waals surface area contributed by atoms with Gasteiger partial charge in [0.1, 0.15) is 0 Å². The second kappa shape index (κ2) is 5.56. The number of aromatic nitrogens is 4. The standard InChI is InChI=1S/C20H14N4O/c1-2-7-14(8-3-1)13-17-15-9-4-5-10-16(15)19-21-22-20(24(19)23-17)18-11-6-12-25-18/h1-12H,13H2. The Morgan fingerprint density at radius 3 is 2.40 bits per heavy atom. The molecule has 5 aromatic rings. The molecule has 0 bridgehead atoms. The molecule has 0 spiro atoms. The van der Waals surface area contributed by atoms with Gasteiger partial charge in [-0.1, -0.05) is 54.6 Å². The van der Waals surface area contributed by atoms with Crippen LogP contribution in [0.4, 0.5) is 0 Å². The molecule has 0 aliphatic heterocycles. The summed E-state index contributed by atoms with van der Waals surface area (Å²) in [5.41, 5.74) is 2.94. The van der Waals surface area contributed by atoms with Crippen molar-refractivity contribution in [3.8, 4) is 11.6 Å². The fourth-order valence-electron chi connectivity index (χ4n) is 3.13. The van der Waals surface area contributed by atoms with Crippen molar-refractivity contribution in [2.75, 3.05) is 0 Å². The second-order valence-electron chi connectivity index (χ2n) is 5.89. The molecule has 5 nitrogen and oxygen atoms in total. The first kappa shape index (κ1) is 13.9. The van der Waals surface area contributed by atoms with Crippen molar-refractivity contribution in [2.45, 2.75) is 6.42 Å². The highest BCUT2D eigenvalue weighted by Gasteiger charge is 2.16. The first-order chi connectivity index (χ1) is 12.4. The van der Waals surface area contributed by atoms with E-state index < -0.39 is 0 Å². The van der Waals surface area contributed by atoms with Crippen LogP contribution in [0.15, 0.2) is 77.4 Å². The van der Waals surface area contributed by atoms with Gasteiger partial charge in [0.05, 0.1) is 12.0 Å². The highest BCUT2D eigenvalue weighted by atomic mass is 16.3. The lowest BCUT2D eigenvalue weighted by molar-refractivity contribution is 0.574. The second-order valence-corrected chi connectivity index (χ2v) is 5.89. The molecule has 0 unspecified atom stereocenters. The molecule has 3 aromatic heterocycles. The lowest BCUT2D eigenvalue weighted by Crippen LogP contribution is -2.02. The van der Waals surface area contributed by atoms with E-state index in [-0.39, 0.29) is 0 Å². The Kier molecular flexibility index (Phi) is 3.10. The Morgan fingerprint density at radius 2 is 1.60 bits per heavy atom. The molecular weight excluding hydrogens is 312 g/mol. The lowest BCUT2D eigenvalue weighted by Gasteiger charge is -2.08. The average molecular weight is 326 g/mol. The van der Waals surface area contributed by atoms with Crippen LogP contribution in [-0.4, -0.2) is 19.8 Å². The molecule has 0 amide bonds. The van der Waals surface area contributed by atoms with Crippen molar-refractivity contribution in [3.05, 3.63) is 84.3 Å². The summed E-state index contributed by atoms with van der Waals surface area (Å²) in [5.74, 6) is 1.26. The predicted octanol–water partition coefficient (Wildman–Crippen LogP) is 4.13. The zero-order valence-electron chi connectivity index (χ0n) is 13.3. The van der Waals surface area contributed by atoms with Gasteiger partial charge in [-0.3, -0.25) is 0 Å². The Bertz CT molecular complexity index is 1160. The number of nitrogens with zero attached hydrogens (tertiary/aromatic N) is 4. The number of rotatable bonds is 3. The number of fused-ring (bicyclic) bond motifs is 3. The zero-order chi connectivity index (χ0) is 16.6. The Hall–Kier alpha value is -3.47. The quantitative estimate of drug-likeness (QED) is 0.500. The SMILES string of the molecule is c1ccc(Cc2nn3c(-c4ccco4)nnc3c3ccccc23)cc1. The van der Waals surface area contributed by atoms with E-state index >= 15 is 0 Å². The third-order valence-electron chi connectivity index (χ3n) is 4.30. The highest BCUT2D eigenvalue weighted by molar-refractivity contribution is 5.95. The predicted molar refractivity (Wildman–Crippen MR) is 95.2 cm³/mol. The maximum atomic E-state index is 5.49. The minimum absolute atomic E-state index is 0.611. The van der Waals surface area contributed by atoms with Gasteiger partial charge >= 0.3 is 0 Å². The molecule has 0 fully saturated rings. The Labute approximate surface area is 143 Å². The van der Waals surface area contributed by atoms with Gasteiger partial charge in [-0.05, 0) is 17.7 Å². The number of furan rings is 1. The largest absolute Gasteiger partial charge is 0.461 e. The Morgan fingerprint density at radius 1 is 0.800 bits per heavy atom. The van der Waals surface area contributed by atoms with E-state index in [1.165, 1.54) is 5.56 Å². The van der Waals surface area contributed by atoms with Crippen LogP contribution in [0.25, 0.3) is 28.0 Å². The van der Waals surface area contributed by atoms with Crippen LogP contribution >= 0.6 is 0 Å². The molecular formula is C20H14N4O. The van der Waals surface area contributed by atoms with Gasteiger partial charge in [-0.2, -0.15) is 9.61 Å². The molecule has 0 N–H and O–H groups in total. The van der Waals surface area contributed by atoms with E-state index in [1.807, 2.05) is 42.5 Å². The van der Waals surface area contributed by atoms with Crippen LogP contribution in [0.5, 0.6) is 0 Å². The van der Waals surface area contributed by atoms with Gasteiger partial charge < -0.3 is 4.42 Å². The fraction of sp³-hybridized carbons (Fsp3) is 0.0500. The number of benzene rings is 2. The summed E-state index contributed by atoms with van der Waals surface area (Å²) >= 11 is 0. The molecule has 0 aliphatic carbocycles. The molecule has 0 saturated carbocycles. The van der Waals surface area contributed by atoms with E-state index in [0.29, 0.717) is 11.6 Å². The minimum Gasteiger partial charge on any atom is -0.461 e. The van der Waals surface area contributed by atoms with Gasteiger partial charge in [0, 0.05) is 17.2 Å². The summed E-state index contributed by atoms with van der Waals surface area (Å²) in [6.07, 6.45) is 2.37. The molecule has 5 rings (SSSR count). The van der Waals surface area contributed by atoms with Crippen LogP contribution in [0.1, 0.15) is 11.3 Å². The highest BCUT2D eigenvalue weighted by Crippen LogP contribution is 2.26. The molecule has 3 heterocycles. The van der Waals surface area contributed by atoms with Gasteiger partial charge in [-0.15, -0.1) is 10.2 Å².